The average Bonchev–Trinajstić information content (AvgIpc) is 3.71. The number of phosphoric ester groups is 1. The third-order valence-electron chi connectivity index (χ3n) is 17.0. The van der Waals surface area contributed by atoms with E-state index in [1.54, 1.807) is 0 Å². The van der Waals surface area contributed by atoms with Crippen molar-refractivity contribution in [2.24, 2.45) is 5.73 Å². The van der Waals surface area contributed by atoms with Crippen LogP contribution in [0.3, 0.4) is 0 Å². The molecular formula is C81H146NO8P. The van der Waals surface area contributed by atoms with Gasteiger partial charge in [0.1, 0.15) is 6.61 Å². The van der Waals surface area contributed by atoms with Gasteiger partial charge in [-0.15, -0.1) is 0 Å². The number of nitrogens with two attached hydrogens (primary N) is 1. The Morgan fingerprint density at radius 2 is 0.604 bits per heavy atom. The summed E-state index contributed by atoms with van der Waals surface area (Å²) in [4.78, 5) is 35.4. The van der Waals surface area contributed by atoms with E-state index in [1.165, 1.54) is 263 Å². The van der Waals surface area contributed by atoms with Gasteiger partial charge in [-0.3, -0.25) is 18.6 Å². The van der Waals surface area contributed by atoms with Crippen LogP contribution in [0.25, 0.3) is 0 Å². The number of phosphoric acid groups is 1. The minimum atomic E-state index is -4.40. The molecule has 0 saturated carbocycles. The van der Waals surface area contributed by atoms with Gasteiger partial charge in [0.15, 0.2) is 6.10 Å². The quantitative estimate of drug-likeness (QED) is 0.0264. The molecule has 3 N–H and O–H groups in total. The highest BCUT2D eigenvalue weighted by Crippen LogP contribution is 2.43. The van der Waals surface area contributed by atoms with Crippen molar-refractivity contribution in [1.29, 1.82) is 0 Å². The molecule has 0 heterocycles. The topological polar surface area (TPSA) is 134 Å². The van der Waals surface area contributed by atoms with Crippen molar-refractivity contribution < 1.29 is 37.6 Å². The molecule has 2 unspecified atom stereocenters. The van der Waals surface area contributed by atoms with Gasteiger partial charge in [0.2, 0.25) is 0 Å². The summed E-state index contributed by atoms with van der Waals surface area (Å²) in [7, 11) is -4.40. The molecule has 9 nitrogen and oxygen atoms in total. The molecule has 0 saturated heterocycles. The van der Waals surface area contributed by atoms with Crippen LogP contribution >= 0.6 is 7.82 Å². The minimum Gasteiger partial charge on any atom is -0.462 e. The smallest absolute Gasteiger partial charge is 0.462 e. The molecule has 0 rings (SSSR count). The second-order valence-corrected chi connectivity index (χ2v) is 27.3. The van der Waals surface area contributed by atoms with E-state index in [-0.39, 0.29) is 38.6 Å². The lowest BCUT2D eigenvalue weighted by Crippen LogP contribution is -2.29. The van der Waals surface area contributed by atoms with Crippen LogP contribution in [0, 0.1) is 0 Å². The molecule has 0 aliphatic rings. The van der Waals surface area contributed by atoms with E-state index in [4.69, 9.17) is 24.3 Å². The average molecular weight is 1290 g/mol. The van der Waals surface area contributed by atoms with Crippen LogP contribution in [-0.4, -0.2) is 49.3 Å². The second kappa shape index (κ2) is 76.0. The normalized spacial score (nSPS) is 13.4. The number of carbonyl (C=O) groups excluding carboxylic acids is 2. The summed E-state index contributed by atoms with van der Waals surface area (Å²) in [5.41, 5.74) is 5.41. The minimum absolute atomic E-state index is 0.0531. The summed E-state index contributed by atoms with van der Waals surface area (Å²) < 4.78 is 33.3. The van der Waals surface area contributed by atoms with Gasteiger partial charge in [-0.05, 0) is 96.3 Å². The van der Waals surface area contributed by atoms with Crippen molar-refractivity contribution in [3.63, 3.8) is 0 Å². The lowest BCUT2D eigenvalue weighted by Gasteiger charge is -2.19. The van der Waals surface area contributed by atoms with Crippen LogP contribution < -0.4 is 5.73 Å². The third-order valence-corrected chi connectivity index (χ3v) is 17.9. The first-order valence-electron chi connectivity index (χ1n) is 38.7. The number of unbranched alkanes of at least 4 members (excludes halogenated alkanes) is 44. The van der Waals surface area contributed by atoms with Crippen LogP contribution in [0.15, 0.2) is 97.2 Å². The Bertz CT molecular complexity index is 1820. The summed E-state index contributed by atoms with van der Waals surface area (Å²) >= 11 is 0. The van der Waals surface area contributed by atoms with Crippen LogP contribution in [0.1, 0.15) is 373 Å². The zero-order valence-corrected chi connectivity index (χ0v) is 60.5. The molecule has 528 valence electrons. The van der Waals surface area contributed by atoms with Crippen molar-refractivity contribution in [1.82, 2.24) is 0 Å². The lowest BCUT2D eigenvalue weighted by molar-refractivity contribution is -0.161. The maximum absolute atomic E-state index is 12.8. The molecule has 0 aliphatic carbocycles. The Kier molecular flexibility index (Phi) is 73.4. The monoisotopic (exact) mass is 1290 g/mol. The fourth-order valence-corrected chi connectivity index (χ4v) is 12.0. The Balaban J connectivity index is 3.79. The van der Waals surface area contributed by atoms with E-state index in [0.29, 0.717) is 6.42 Å². The predicted molar refractivity (Wildman–Crippen MR) is 395 cm³/mol. The van der Waals surface area contributed by atoms with Gasteiger partial charge in [-0.1, -0.05) is 361 Å². The van der Waals surface area contributed by atoms with Gasteiger partial charge in [-0.2, -0.15) is 0 Å². The Morgan fingerprint density at radius 1 is 0.341 bits per heavy atom. The van der Waals surface area contributed by atoms with Crippen LogP contribution in [-0.2, 0) is 32.7 Å². The Hall–Kier alpha value is -3.07. The molecule has 0 amide bonds. The molecule has 0 aromatic rings. The number of ether oxygens (including phenoxy) is 2. The van der Waals surface area contributed by atoms with E-state index < -0.39 is 26.5 Å². The molecule has 10 heteroatoms. The van der Waals surface area contributed by atoms with Crippen molar-refractivity contribution in [2.45, 2.75) is 380 Å². The first kappa shape index (κ1) is 87.9. The first-order chi connectivity index (χ1) is 44.8. The van der Waals surface area contributed by atoms with Gasteiger partial charge >= 0.3 is 19.8 Å². The summed E-state index contributed by atoms with van der Waals surface area (Å²) in [5, 5.41) is 0. The predicted octanol–water partition coefficient (Wildman–Crippen LogP) is 25.9. The van der Waals surface area contributed by atoms with Gasteiger partial charge in [0.25, 0.3) is 0 Å². The molecule has 0 radical (unpaired) electrons. The van der Waals surface area contributed by atoms with Crippen LogP contribution in [0.5, 0.6) is 0 Å². The number of allylic oxidation sites excluding steroid dienone is 16. The van der Waals surface area contributed by atoms with Crippen LogP contribution in [0.4, 0.5) is 0 Å². The van der Waals surface area contributed by atoms with E-state index in [0.717, 1.165) is 77.0 Å². The molecule has 2 atom stereocenters. The Morgan fingerprint density at radius 3 is 0.901 bits per heavy atom. The molecule has 91 heavy (non-hydrogen) atoms. The number of hydrogen-bond acceptors (Lipinski definition) is 8. The fourth-order valence-electron chi connectivity index (χ4n) is 11.3. The molecule has 0 aromatic carbocycles. The van der Waals surface area contributed by atoms with E-state index in [2.05, 4.69) is 111 Å². The fraction of sp³-hybridized carbons (Fsp3) is 0.778. The molecule has 0 fully saturated rings. The van der Waals surface area contributed by atoms with E-state index in [9.17, 15) is 19.0 Å². The third kappa shape index (κ3) is 75.8. The highest BCUT2D eigenvalue weighted by molar-refractivity contribution is 7.47. The molecule has 0 aromatic heterocycles. The largest absolute Gasteiger partial charge is 0.472 e. The molecular weight excluding hydrogens is 1150 g/mol. The van der Waals surface area contributed by atoms with Crippen molar-refractivity contribution in [3.8, 4) is 0 Å². The number of esters is 2. The maximum Gasteiger partial charge on any atom is 0.472 e. The number of carbonyl (C=O) groups is 2. The summed E-state index contributed by atoms with van der Waals surface area (Å²) in [5.74, 6) is -0.811. The summed E-state index contributed by atoms with van der Waals surface area (Å²) in [6.07, 6.45) is 104. The van der Waals surface area contributed by atoms with Gasteiger partial charge in [-0.25, -0.2) is 4.57 Å². The van der Waals surface area contributed by atoms with Crippen molar-refractivity contribution in [3.05, 3.63) is 97.2 Å². The van der Waals surface area contributed by atoms with Gasteiger partial charge in [0, 0.05) is 19.4 Å². The van der Waals surface area contributed by atoms with Crippen LogP contribution in [0.2, 0.25) is 0 Å². The van der Waals surface area contributed by atoms with E-state index in [1.807, 2.05) is 0 Å². The lowest BCUT2D eigenvalue weighted by atomic mass is 10.0. The zero-order valence-electron chi connectivity index (χ0n) is 59.6. The summed E-state index contributed by atoms with van der Waals surface area (Å²) in [6, 6.07) is 0. The zero-order chi connectivity index (χ0) is 65.8. The summed E-state index contributed by atoms with van der Waals surface area (Å²) in [6.45, 7) is 3.67. The standard InChI is InChI=1S/C81H146NO8P/c1-3-5-7-9-11-13-15-17-19-21-23-25-27-29-31-33-35-36-37-38-39-40-41-42-44-46-48-50-52-54-56-58-60-62-64-66-68-70-72-74-81(84)90-79(78-89-91(85,86)88-76-75-82)77-87-80(83)73-71-69-67-65-63-61-59-57-55-53-51-49-47-45-43-34-32-30-28-26-24-22-20-18-16-14-12-10-8-6-4-2/h5,7,11,13,16-19,22-25,28-31,79H,3-4,6,8-10,12,14-15,20-21,26-27,32-78,82H2,1-2H3,(H,85,86)/b7-5-,13-11-,18-16-,19-17-,24-22-,25-23-,30-28-,31-29-. The van der Waals surface area contributed by atoms with E-state index >= 15 is 0 Å². The molecule has 0 aliphatic heterocycles. The highest BCUT2D eigenvalue weighted by atomic mass is 31.2. The number of rotatable bonds is 73. The first-order valence-corrected chi connectivity index (χ1v) is 40.2. The maximum atomic E-state index is 12.8. The molecule has 0 spiro atoms. The van der Waals surface area contributed by atoms with Crippen molar-refractivity contribution >= 4 is 19.8 Å². The number of hydrogen-bond donors (Lipinski definition) is 2. The van der Waals surface area contributed by atoms with Gasteiger partial charge in [0.05, 0.1) is 13.2 Å². The second-order valence-electron chi connectivity index (χ2n) is 25.8. The highest BCUT2D eigenvalue weighted by Gasteiger charge is 2.26. The SMILES string of the molecule is CC/C=C\C/C=C\C/C=C\C/C=C\C/C=C\CCCCCCCCCCCCCCCCCCCCCCCCCC(=O)OC(COC(=O)CCCCCCCCCCCCCCCCCC/C=C\C/C=C\C/C=C\CCCCCCC)COP(=O)(O)OCCN. The van der Waals surface area contributed by atoms with Crippen molar-refractivity contribution in [2.75, 3.05) is 26.4 Å². The molecule has 0 bridgehead atoms. The van der Waals surface area contributed by atoms with Gasteiger partial charge < -0.3 is 20.1 Å². The Labute approximate surface area is 563 Å².